The van der Waals surface area contributed by atoms with Crippen molar-refractivity contribution < 1.29 is 4.74 Å². The molecule has 1 fully saturated rings. The van der Waals surface area contributed by atoms with Crippen LogP contribution in [-0.2, 0) is 14.4 Å². The Morgan fingerprint density at radius 2 is 1.83 bits per heavy atom. The molecule has 1 heterocycles. The lowest BCUT2D eigenvalue weighted by Crippen LogP contribution is -2.42. The lowest BCUT2D eigenvalue weighted by Gasteiger charge is -2.33. The SMILES string of the molecule is CCN=S1(=NC(C)(C)C)CCN(CCOC)CC1. The first-order chi connectivity index (χ1) is 8.41. The van der Waals surface area contributed by atoms with E-state index in [1.165, 1.54) is 0 Å². The number of rotatable bonds is 4. The zero-order valence-corrected chi connectivity index (χ0v) is 13.4. The molecule has 108 valence electrons. The minimum atomic E-state index is -1.10. The van der Waals surface area contributed by atoms with Crippen molar-refractivity contribution in [2.45, 2.75) is 33.2 Å². The third-order valence-electron chi connectivity index (χ3n) is 2.89. The molecule has 1 rings (SSSR count). The Balaban J connectivity index is 2.76. The van der Waals surface area contributed by atoms with Crippen LogP contribution in [0.5, 0.6) is 0 Å². The Labute approximate surface area is 113 Å². The summed E-state index contributed by atoms with van der Waals surface area (Å²) in [6.45, 7) is 13.7. The van der Waals surface area contributed by atoms with E-state index in [9.17, 15) is 0 Å². The van der Waals surface area contributed by atoms with Gasteiger partial charge in [-0.05, 0) is 27.7 Å². The molecule has 0 unspecified atom stereocenters. The average molecular weight is 275 g/mol. The quantitative estimate of drug-likeness (QED) is 0.789. The molecule has 0 N–H and O–H groups in total. The minimum absolute atomic E-state index is 0.0305. The molecule has 0 saturated carbocycles. The zero-order chi connectivity index (χ0) is 13.6. The van der Waals surface area contributed by atoms with E-state index in [1.54, 1.807) is 7.11 Å². The van der Waals surface area contributed by atoms with Gasteiger partial charge in [0.2, 0.25) is 0 Å². The maximum absolute atomic E-state index is 5.14. The minimum Gasteiger partial charge on any atom is -0.383 e. The highest BCUT2D eigenvalue weighted by molar-refractivity contribution is 7.95. The van der Waals surface area contributed by atoms with Crippen LogP contribution in [0.3, 0.4) is 0 Å². The number of hydrogen-bond acceptors (Lipinski definition) is 4. The molecule has 4 nitrogen and oxygen atoms in total. The van der Waals surface area contributed by atoms with Gasteiger partial charge in [-0.25, -0.2) is 4.36 Å². The fourth-order valence-electron chi connectivity index (χ4n) is 2.21. The van der Waals surface area contributed by atoms with Crippen LogP contribution in [-0.4, -0.2) is 61.8 Å². The van der Waals surface area contributed by atoms with Gasteiger partial charge >= 0.3 is 0 Å². The number of ether oxygens (including phenoxy) is 1. The molecular weight excluding hydrogens is 246 g/mol. The van der Waals surface area contributed by atoms with Gasteiger partial charge in [-0.15, -0.1) is 0 Å². The molecule has 0 aromatic rings. The number of nitrogens with zero attached hydrogens (tertiary/aromatic N) is 3. The van der Waals surface area contributed by atoms with E-state index in [-0.39, 0.29) is 5.54 Å². The molecule has 0 spiro atoms. The van der Waals surface area contributed by atoms with Crippen LogP contribution in [0.2, 0.25) is 0 Å². The van der Waals surface area contributed by atoms with Gasteiger partial charge in [0.15, 0.2) is 0 Å². The highest BCUT2D eigenvalue weighted by Crippen LogP contribution is 2.18. The van der Waals surface area contributed by atoms with Crippen molar-refractivity contribution in [2.75, 3.05) is 51.4 Å². The number of hydrogen-bond donors (Lipinski definition) is 0. The van der Waals surface area contributed by atoms with Gasteiger partial charge in [-0.2, -0.15) is 0 Å². The Hall–Kier alpha value is -0.130. The van der Waals surface area contributed by atoms with Crippen molar-refractivity contribution in [1.29, 1.82) is 0 Å². The first-order valence-corrected chi connectivity index (χ1v) is 8.72. The van der Waals surface area contributed by atoms with Gasteiger partial charge in [0.1, 0.15) is 0 Å². The van der Waals surface area contributed by atoms with Crippen LogP contribution in [0, 0.1) is 0 Å². The first kappa shape index (κ1) is 15.9. The molecular formula is C13H29N3OS. The maximum Gasteiger partial charge on any atom is 0.0602 e. The molecule has 1 saturated heterocycles. The Kier molecular flexibility index (Phi) is 6.08. The smallest absolute Gasteiger partial charge is 0.0602 e. The van der Waals surface area contributed by atoms with E-state index in [4.69, 9.17) is 13.5 Å². The lowest BCUT2D eigenvalue weighted by atomic mass is 10.1. The van der Waals surface area contributed by atoms with E-state index >= 15 is 0 Å². The van der Waals surface area contributed by atoms with E-state index in [1.807, 2.05) is 0 Å². The zero-order valence-electron chi connectivity index (χ0n) is 12.6. The molecule has 0 radical (unpaired) electrons. The van der Waals surface area contributed by atoms with Gasteiger partial charge in [0.05, 0.1) is 12.1 Å². The van der Waals surface area contributed by atoms with Crippen LogP contribution < -0.4 is 0 Å². The molecule has 0 atom stereocenters. The summed E-state index contributed by atoms with van der Waals surface area (Å²) in [6.07, 6.45) is 0. The Morgan fingerprint density at radius 3 is 2.28 bits per heavy atom. The summed E-state index contributed by atoms with van der Waals surface area (Å²) in [5, 5.41) is 0. The molecule has 18 heavy (non-hydrogen) atoms. The van der Waals surface area contributed by atoms with Crippen molar-refractivity contribution >= 4 is 9.62 Å². The summed E-state index contributed by atoms with van der Waals surface area (Å²) in [6, 6.07) is 0. The fourth-order valence-corrected chi connectivity index (χ4v) is 5.51. The molecule has 1 aliphatic rings. The van der Waals surface area contributed by atoms with E-state index in [2.05, 4.69) is 32.6 Å². The molecule has 0 amide bonds. The van der Waals surface area contributed by atoms with Gasteiger partial charge in [-0.1, -0.05) is 9.62 Å². The van der Waals surface area contributed by atoms with E-state index in [0.717, 1.165) is 44.3 Å². The molecule has 0 aromatic heterocycles. The fraction of sp³-hybridized carbons (Fsp3) is 1.00. The molecule has 0 aliphatic carbocycles. The average Bonchev–Trinajstić information content (AvgIpc) is 2.26. The standard InChI is InChI=1S/C13H29N3OS/c1-6-14-18(15-13(2,3)4)11-8-16(9-12-18)7-10-17-5/h6-12H2,1-5H3. The van der Waals surface area contributed by atoms with Crippen LogP contribution in [0.25, 0.3) is 0 Å². The van der Waals surface area contributed by atoms with Gasteiger partial charge in [-0.3, -0.25) is 9.26 Å². The summed E-state index contributed by atoms with van der Waals surface area (Å²) in [4.78, 5) is 2.47. The second kappa shape index (κ2) is 6.87. The Bertz CT molecular complexity index is 351. The molecule has 5 heteroatoms. The third-order valence-corrected chi connectivity index (χ3v) is 6.19. The van der Waals surface area contributed by atoms with Crippen molar-refractivity contribution in [3.05, 3.63) is 0 Å². The van der Waals surface area contributed by atoms with Crippen LogP contribution in [0.1, 0.15) is 27.7 Å². The Morgan fingerprint density at radius 1 is 1.22 bits per heavy atom. The predicted molar refractivity (Wildman–Crippen MR) is 80.6 cm³/mol. The van der Waals surface area contributed by atoms with Gasteiger partial charge < -0.3 is 4.74 Å². The maximum atomic E-state index is 5.14. The second-order valence-corrected chi connectivity index (χ2v) is 8.61. The summed E-state index contributed by atoms with van der Waals surface area (Å²) in [7, 11) is 0.669. The first-order valence-electron chi connectivity index (χ1n) is 6.84. The highest BCUT2D eigenvalue weighted by atomic mass is 32.2. The van der Waals surface area contributed by atoms with Crippen molar-refractivity contribution in [1.82, 2.24) is 4.90 Å². The summed E-state index contributed by atoms with van der Waals surface area (Å²) in [5.41, 5.74) is 0.0305. The second-order valence-electron chi connectivity index (χ2n) is 5.75. The predicted octanol–water partition coefficient (Wildman–Crippen LogP) is 2.29. The summed E-state index contributed by atoms with van der Waals surface area (Å²) >= 11 is 0. The van der Waals surface area contributed by atoms with Crippen LogP contribution in [0.15, 0.2) is 8.73 Å². The van der Waals surface area contributed by atoms with E-state index in [0.29, 0.717) is 0 Å². The van der Waals surface area contributed by atoms with E-state index < -0.39 is 9.62 Å². The van der Waals surface area contributed by atoms with Crippen LogP contribution in [0.4, 0.5) is 0 Å². The topological polar surface area (TPSA) is 37.2 Å². The third kappa shape index (κ3) is 5.24. The van der Waals surface area contributed by atoms with Crippen LogP contribution >= 0.6 is 0 Å². The highest BCUT2D eigenvalue weighted by Gasteiger charge is 2.21. The largest absolute Gasteiger partial charge is 0.383 e. The number of methoxy groups -OCH3 is 1. The normalized spacial score (nSPS) is 20.7. The van der Waals surface area contributed by atoms with Gasteiger partial charge in [0, 0.05) is 44.8 Å². The molecule has 0 aromatic carbocycles. The molecule has 0 bridgehead atoms. The summed E-state index contributed by atoms with van der Waals surface area (Å²) in [5.74, 6) is 2.25. The van der Waals surface area contributed by atoms with Gasteiger partial charge in [0.25, 0.3) is 0 Å². The summed E-state index contributed by atoms with van der Waals surface area (Å²) < 4.78 is 15.1. The monoisotopic (exact) mass is 275 g/mol. The van der Waals surface area contributed by atoms with Crippen molar-refractivity contribution in [2.24, 2.45) is 8.73 Å². The molecule has 1 aliphatic heterocycles. The lowest BCUT2D eigenvalue weighted by molar-refractivity contribution is 0.153. The van der Waals surface area contributed by atoms with Crippen molar-refractivity contribution in [3.63, 3.8) is 0 Å². The van der Waals surface area contributed by atoms with Crippen molar-refractivity contribution in [3.8, 4) is 0 Å².